The van der Waals surface area contributed by atoms with E-state index >= 15 is 0 Å². The Hall–Kier alpha value is -3.63. The van der Waals surface area contributed by atoms with Crippen molar-refractivity contribution in [1.29, 1.82) is 0 Å². The third kappa shape index (κ3) is 9.54. The number of hydrogen-bond acceptors (Lipinski definition) is 10. The Morgan fingerprint density at radius 3 is 2.31 bits per heavy atom. The zero-order valence-corrected chi connectivity index (χ0v) is 29.7. The number of amides is 4. The standard InChI is InChI=1S/C34H50N8O6S/c1-22-29(49-21-37-22)24-7-5-23(6-8-24)16-36-31(45)27-15-26(43)19-42(27)32(46)30(34(2,3)4)38-28(44)20-39-11-13-41(14-12-39)25-17-40(18-25)10-9-35-33(47)48/h5-8,21,25-27,30,35,43H,9-20H2,1-4H3,(H,36,45)(H,38,44)(H,47,48)/t26-,27+,30-/m1/s1. The number of rotatable bonds is 12. The molecule has 4 amide bonds. The zero-order valence-electron chi connectivity index (χ0n) is 28.9. The lowest BCUT2D eigenvalue weighted by atomic mass is 9.85. The van der Waals surface area contributed by atoms with Gasteiger partial charge in [-0.2, -0.15) is 0 Å². The van der Waals surface area contributed by atoms with E-state index in [0.717, 1.165) is 61.0 Å². The summed E-state index contributed by atoms with van der Waals surface area (Å²) in [5.41, 5.74) is 4.14. The third-order valence-corrected chi connectivity index (χ3v) is 10.6. The highest BCUT2D eigenvalue weighted by Gasteiger charge is 2.44. The summed E-state index contributed by atoms with van der Waals surface area (Å²) >= 11 is 1.58. The van der Waals surface area contributed by atoms with Crippen LogP contribution in [0.5, 0.6) is 0 Å². The van der Waals surface area contributed by atoms with Crippen molar-refractivity contribution in [2.75, 3.05) is 65.4 Å². The van der Waals surface area contributed by atoms with E-state index in [4.69, 9.17) is 5.11 Å². The van der Waals surface area contributed by atoms with Crippen LogP contribution in [0.3, 0.4) is 0 Å². The van der Waals surface area contributed by atoms with Crippen LogP contribution in [0.4, 0.5) is 4.79 Å². The molecule has 3 fully saturated rings. The molecule has 1 aromatic heterocycles. The highest BCUT2D eigenvalue weighted by molar-refractivity contribution is 7.13. The fourth-order valence-corrected chi connectivity index (χ4v) is 7.57. The van der Waals surface area contributed by atoms with E-state index in [1.54, 1.807) is 11.3 Å². The number of piperazine rings is 1. The number of benzene rings is 1. The van der Waals surface area contributed by atoms with Crippen molar-refractivity contribution in [3.63, 3.8) is 0 Å². The maximum atomic E-state index is 14.0. The van der Waals surface area contributed by atoms with Gasteiger partial charge in [-0.3, -0.25) is 29.1 Å². The molecule has 0 aliphatic carbocycles. The molecule has 3 aliphatic rings. The minimum Gasteiger partial charge on any atom is -0.465 e. The van der Waals surface area contributed by atoms with Gasteiger partial charge in [-0.05, 0) is 23.5 Å². The number of aliphatic hydroxyl groups excluding tert-OH is 1. The first-order valence-corrected chi connectivity index (χ1v) is 17.9. The van der Waals surface area contributed by atoms with E-state index < -0.39 is 29.7 Å². The largest absolute Gasteiger partial charge is 0.465 e. The van der Waals surface area contributed by atoms with Crippen LogP contribution in [-0.2, 0) is 20.9 Å². The number of carboxylic acid groups (broad SMARTS) is 1. The van der Waals surface area contributed by atoms with Crippen LogP contribution in [0.25, 0.3) is 10.4 Å². The van der Waals surface area contributed by atoms with Gasteiger partial charge in [0.2, 0.25) is 17.7 Å². The molecule has 0 radical (unpaired) electrons. The number of likely N-dealkylation sites (tertiary alicyclic amines) is 2. The molecular formula is C34H50N8O6S. The first kappa shape index (κ1) is 36.6. The molecule has 0 saturated carbocycles. The van der Waals surface area contributed by atoms with E-state index in [2.05, 4.69) is 35.6 Å². The summed E-state index contributed by atoms with van der Waals surface area (Å²) in [6.07, 6.45) is -1.71. The molecule has 5 rings (SSSR count). The third-order valence-electron chi connectivity index (χ3n) is 9.64. The van der Waals surface area contributed by atoms with Crippen molar-refractivity contribution in [2.24, 2.45) is 5.41 Å². The Balaban J connectivity index is 1.10. The Morgan fingerprint density at radius 1 is 1.00 bits per heavy atom. The monoisotopic (exact) mass is 698 g/mol. The molecule has 4 heterocycles. The molecule has 0 bridgehead atoms. The molecule has 3 saturated heterocycles. The molecule has 0 unspecified atom stereocenters. The number of aromatic nitrogens is 1. The molecule has 2 aromatic rings. The molecular weight excluding hydrogens is 648 g/mol. The van der Waals surface area contributed by atoms with Gasteiger partial charge in [-0.1, -0.05) is 45.0 Å². The Bertz CT molecular complexity index is 1470. The van der Waals surface area contributed by atoms with Gasteiger partial charge in [0.15, 0.2) is 0 Å². The molecule has 268 valence electrons. The van der Waals surface area contributed by atoms with Gasteiger partial charge in [0.05, 0.1) is 28.7 Å². The van der Waals surface area contributed by atoms with Crippen molar-refractivity contribution in [2.45, 2.75) is 64.9 Å². The molecule has 0 spiro atoms. The van der Waals surface area contributed by atoms with Crippen molar-refractivity contribution in [1.82, 2.24) is 40.5 Å². The van der Waals surface area contributed by atoms with Crippen molar-refractivity contribution in [3.8, 4) is 10.4 Å². The van der Waals surface area contributed by atoms with Crippen LogP contribution in [0.2, 0.25) is 0 Å². The second-order valence-corrected chi connectivity index (χ2v) is 15.3. The second kappa shape index (κ2) is 15.9. The van der Waals surface area contributed by atoms with E-state index in [0.29, 0.717) is 19.1 Å². The van der Waals surface area contributed by atoms with Gasteiger partial charge in [-0.25, -0.2) is 9.78 Å². The number of carbonyl (C=O) groups is 4. The lowest BCUT2D eigenvalue weighted by molar-refractivity contribution is -0.144. The Morgan fingerprint density at radius 2 is 1.69 bits per heavy atom. The highest BCUT2D eigenvalue weighted by Crippen LogP contribution is 2.28. The van der Waals surface area contributed by atoms with Gasteiger partial charge in [0.1, 0.15) is 12.1 Å². The normalized spacial score (nSPS) is 21.6. The number of thiazole rings is 1. The lowest BCUT2D eigenvalue weighted by Crippen LogP contribution is -2.64. The lowest BCUT2D eigenvalue weighted by Gasteiger charge is -2.48. The minimum atomic E-state index is -1.01. The number of nitrogens with one attached hydrogen (secondary N) is 3. The van der Waals surface area contributed by atoms with Gasteiger partial charge in [0, 0.05) is 77.9 Å². The summed E-state index contributed by atoms with van der Waals surface area (Å²) in [7, 11) is 0. The van der Waals surface area contributed by atoms with Gasteiger partial charge in [-0.15, -0.1) is 11.3 Å². The average Bonchev–Trinajstić information content (AvgIpc) is 3.65. The predicted octanol–water partition coefficient (Wildman–Crippen LogP) is 0.797. The first-order chi connectivity index (χ1) is 23.3. The van der Waals surface area contributed by atoms with Crippen LogP contribution in [0.15, 0.2) is 29.8 Å². The van der Waals surface area contributed by atoms with Crippen molar-refractivity contribution in [3.05, 3.63) is 41.0 Å². The van der Waals surface area contributed by atoms with Gasteiger partial charge >= 0.3 is 6.09 Å². The molecule has 15 heteroatoms. The molecule has 49 heavy (non-hydrogen) atoms. The summed E-state index contributed by atoms with van der Waals surface area (Å²) in [5, 5.41) is 27.6. The number of nitrogens with zero attached hydrogens (tertiary/aromatic N) is 5. The van der Waals surface area contributed by atoms with Crippen LogP contribution in [0.1, 0.15) is 38.4 Å². The molecule has 1 aromatic carbocycles. The highest BCUT2D eigenvalue weighted by atomic mass is 32.1. The van der Waals surface area contributed by atoms with Gasteiger partial charge < -0.3 is 31.1 Å². The zero-order chi connectivity index (χ0) is 35.3. The maximum Gasteiger partial charge on any atom is 0.404 e. The predicted molar refractivity (Wildman–Crippen MR) is 186 cm³/mol. The van der Waals surface area contributed by atoms with Crippen LogP contribution >= 0.6 is 11.3 Å². The average molecular weight is 699 g/mol. The minimum absolute atomic E-state index is 0.0267. The van der Waals surface area contributed by atoms with E-state index in [1.807, 2.05) is 57.5 Å². The quantitative estimate of drug-likeness (QED) is 0.214. The molecule has 14 nitrogen and oxygen atoms in total. The number of aryl methyl sites for hydroxylation is 1. The SMILES string of the molecule is Cc1ncsc1-c1ccc(CNC(=O)[C@@H]2C[C@@H](O)CN2C(=O)[C@@H](NC(=O)CN2CCN(C3CN(CCNC(=O)O)C3)CC2)C(C)(C)C)cc1. The molecule has 5 N–H and O–H groups in total. The fourth-order valence-electron chi connectivity index (χ4n) is 6.75. The van der Waals surface area contributed by atoms with E-state index in [1.165, 1.54) is 4.90 Å². The van der Waals surface area contributed by atoms with E-state index in [-0.39, 0.29) is 43.8 Å². The van der Waals surface area contributed by atoms with Crippen LogP contribution in [0, 0.1) is 12.3 Å². The number of hydrogen-bond donors (Lipinski definition) is 5. The Labute approximate surface area is 291 Å². The summed E-state index contributed by atoms with van der Waals surface area (Å²) in [5.74, 6) is -0.962. The summed E-state index contributed by atoms with van der Waals surface area (Å²) in [4.78, 5) is 64.9. The molecule has 3 atom stereocenters. The topological polar surface area (TPSA) is 171 Å². The first-order valence-electron chi connectivity index (χ1n) is 17.0. The van der Waals surface area contributed by atoms with Crippen molar-refractivity contribution < 1.29 is 29.4 Å². The van der Waals surface area contributed by atoms with Crippen molar-refractivity contribution >= 4 is 35.2 Å². The summed E-state index contributed by atoms with van der Waals surface area (Å²) in [6.45, 7) is 14.1. The smallest absolute Gasteiger partial charge is 0.404 e. The number of carbonyl (C=O) groups excluding carboxylic acids is 3. The number of aliphatic hydroxyl groups is 1. The second-order valence-electron chi connectivity index (χ2n) is 14.4. The fraction of sp³-hybridized carbons (Fsp3) is 0.618. The summed E-state index contributed by atoms with van der Waals surface area (Å²) in [6, 6.07) is 6.64. The maximum absolute atomic E-state index is 14.0. The van der Waals surface area contributed by atoms with E-state index in [9.17, 15) is 24.3 Å². The van der Waals surface area contributed by atoms with Crippen LogP contribution in [-0.4, -0.2) is 148 Å². The summed E-state index contributed by atoms with van der Waals surface area (Å²) < 4.78 is 0. The number of β-amino-alcohol motifs (C(OH)–C–C–N with tert-alkyl or cyclic N) is 1. The van der Waals surface area contributed by atoms with Gasteiger partial charge in [0.25, 0.3) is 0 Å². The van der Waals surface area contributed by atoms with Crippen LogP contribution < -0.4 is 16.0 Å². The Kier molecular flexibility index (Phi) is 11.9. The molecule has 3 aliphatic heterocycles.